The third-order valence-electron chi connectivity index (χ3n) is 2.52. The Morgan fingerprint density at radius 3 is 2.65 bits per heavy atom. The van der Waals surface area contributed by atoms with Gasteiger partial charge in [0.25, 0.3) is 0 Å². The molecule has 0 unspecified atom stereocenters. The molecule has 0 saturated heterocycles. The first-order valence-electron chi connectivity index (χ1n) is 6.94. The number of amides is 3. The lowest BCUT2D eigenvalue weighted by molar-refractivity contribution is -0.119. The van der Waals surface area contributed by atoms with Crippen LogP contribution in [0.3, 0.4) is 0 Å². The van der Waals surface area contributed by atoms with Gasteiger partial charge >= 0.3 is 12.0 Å². The van der Waals surface area contributed by atoms with Gasteiger partial charge in [0.15, 0.2) is 5.16 Å². The van der Waals surface area contributed by atoms with Crippen molar-refractivity contribution in [3.05, 3.63) is 11.8 Å². The number of urea groups is 1. The predicted octanol–water partition coefficient (Wildman–Crippen LogP) is 0.562. The normalized spacial score (nSPS) is 11.4. The highest BCUT2D eigenvalue weighted by atomic mass is 32.2. The van der Waals surface area contributed by atoms with Crippen LogP contribution in [-0.2, 0) is 9.53 Å². The molecule has 0 bridgehead atoms. The number of nitrogen functional groups attached to an aromatic ring is 1. The first kappa shape index (κ1) is 18.7. The smallest absolute Gasteiger partial charge is 0.343 e. The molecule has 10 heteroatoms. The molecule has 1 aromatic rings. The molecule has 0 radical (unpaired) electrons. The van der Waals surface area contributed by atoms with E-state index in [1.807, 2.05) is 0 Å². The van der Waals surface area contributed by atoms with Gasteiger partial charge in [0.05, 0.1) is 11.9 Å². The van der Waals surface area contributed by atoms with Gasteiger partial charge in [-0.1, -0.05) is 11.8 Å². The van der Waals surface area contributed by atoms with E-state index in [2.05, 4.69) is 20.6 Å². The molecule has 4 N–H and O–H groups in total. The van der Waals surface area contributed by atoms with Gasteiger partial charge in [0, 0.05) is 12.7 Å². The van der Waals surface area contributed by atoms with E-state index in [0.717, 1.165) is 11.8 Å². The lowest BCUT2D eigenvalue weighted by atomic mass is 10.3. The quantitative estimate of drug-likeness (QED) is 0.388. The largest absolute Gasteiger partial charge is 0.462 e. The summed E-state index contributed by atoms with van der Waals surface area (Å²) in [4.78, 5) is 42.6. The molecular formula is C13H19N5O4S. The molecule has 0 saturated carbocycles. The average Bonchev–Trinajstić information content (AvgIpc) is 2.47. The number of ether oxygens (including phenoxy) is 1. The molecular weight excluding hydrogens is 322 g/mol. The summed E-state index contributed by atoms with van der Waals surface area (Å²) in [5.41, 5.74) is 5.76. The summed E-state index contributed by atoms with van der Waals surface area (Å²) in [7, 11) is 0. The standard InChI is InChI=1S/C13H19N5O4S/c1-4-15-12(21)18-10(19)7(3)23-13-16-6-8(9(14)17-13)11(20)22-5-2/h6-7H,4-5H2,1-3H3,(H2,14,16,17)(H2,15,18,19,21)/t7-/m1/s1. The van der Waals surface area contributed by atoms with Crippen molar-refractivity contribution in [1.82, 2.24) is 20.6 Å². The third kappa shape index (κ3) is 5.74. The van der Waals surface area contributed by atoms with Crippen LogP contribution in [0.5, 0.6) is 0 Å². The molecule has 1 rings (SSSR count). The number of carbonyl (C=O) groups excluding carboxylic acids is 3. The summed E-state index contributed by atoms with van der Waals surface area (Å²) in [5, 5.41) is 4.24. The molecule has 0 fully saturated rings. The molecule has 0 aliphatic rings. The molecule has 3 amide bonds. The van der Waals surface area contributed by atoms with E-state index in [9.17, 15) is 14.4 Å². The van der Waals surface area contributed by atoms with Crippen LogP contribution in [0.4, 0.5) is 10.6 Å². The molecule has 0 aliphatic heterocycles. The van der Waals surface area contributed by atoms with Gasteiger partial charge in [0.2, 0.25) is 5.91 Å². The highest BCUT2D eigenvalue weighted by Crippen LogP contribution is 2.21. The number of aromatic nitrogens is 2. The SMILES string of the molecule is CCNC(=O)NC(=O)[C@@H](C)Sc1ncc(C(=O)OCC)c(N)n1. The first-order chi connectivity index (χ1) is 10.9. The summed E-state index contributed by atoms with van der Waals surface area (Å²) in [5.74, 6) is -1.13. The maximum Gasteiger partial charge on any atom is 0.343 e. The number of hydrogen-bond donors (Lipinski definition) is 3. The van der Waals surface area contributed by atoms with Crippen molar-refractivity contribution in [2.75, 3.05) is 18.9 Å². The van der Waals surface area contributed by atoms with E-state index in [4.69, 9.17) is 10.5 Å². The van der Waals surface area contributed by atoms with Crippen LogP contribution in [0.25, 0.3) is 0 Å². The lowest BCUT2D eigenvalue weighted by Gasteiger charge is -2.11. The average molecular weight is 341 g/mol. The van der Waals surface area contributed by atoms with E-state index >= 15 is 0 Å². The van der Waals surface area contributed by atoms with E-state index in [1.165, 1.54) is 6.20 Å². The van der Waals surface area contributed by atoms with Crippen molar-refractivity contribution in [2.45, 2.75) is 31.2 Å². The molecule has 126 valence electrons. The Balaban J connectivity index is 2.70. The summed E-state index contributed by atoms with van der Waals surface area (Å²) in [6.45, 7) is 5.64. The van der Waals surface area contributed by atoms with Gasteiger partial charge in [-0.25, -0.2) is 19.6 Å². The Labute approximate surface area is 137 Å². The van der Waals surface area contributed by atoms with Crippen LogP contribution in [0, 0.1) is 0 Å². The van der Waals surface area contributed by atoms with E-state index in [0.29, 0.717) is 6.54 Å². The number of rotatable bonds is 6. The molecule has 1 heterocycles. The number of nitrogens with zero attached hydrogens (tertiary/aromatic N) is 2. The zero-order valence-electron chi connectivity index (χ0n) is 13.1. The van der Waals surface area contributed by atoms with Crippen molar-refractivity contribution in [1.29, 1.82) is 0 Å². The minimum Gasteiger partial charge on any atom is -0.462 e. The second-order valence-corrected chi connectivity index (χ2v) is 5.59. The van der Waals surface area contributed by atoms with Crippen LogP contribution in [-0.4, -0.2) is 46.3 Å². The minimum atomic E-state index is -0.620. The van der Waals surface area contributed by atoms with Crippen LogP contribution < -0.4 is 16.4 Å². The van der Waals surface area contributed by atoms with Crippen molar-refractivity contribution >= 4 is 35.5 Å². The van der Waals surface area contributed by atoms with Gasteiger partial charge in [0.1, 0.15) is 11.4 Å². The van der Waals surface area contributed by atoms with Gasteiger partial charge in [-0.05, 0) is 20.8 Å². The second kappa shape index (κ2) is 8.93. The summed E-state index contributed by atoms with van der Waals surface area (Å²) in [6, 6.07) is -0.567. The molecule has 23 heavy (non-hydrogen) atoms. The number of nitrogens with two attached hydrogens (primary N) is 1. The van der Waals surface area contributed by atoms with Crippen LogP contribution in [0.15, 0.2) is 11.4 Å². The van der Waals surface area contributed by atoms with Gasteiger partial charge in [-0.2, -0.15) is 0 Å². The van der Waals surface area contributed by atoms with Crippen LogP contribution in [0.1, 0.15) is 31.1 Å². The first-order valence-corrected chi connectivity index (χ1v) is 7.81. The molecule has 0 spiro atoms. The maximum atomic E-state index is 11.8. The fraction of sp³-hybridized carbons (Fsp3) is 0.462. The van der Waals surface area contributed by atoms with Gasteiger partial charge in [-0.3, -0.25) is 10.1 Å². The molecule has 1 aromatic heterocycles. The van der Waals surface area contributed by atoms with Crippen LogP contribution >= 0.6 is 11.8 Å². The van der Waals surface area contributed by atoms with Crippen molar-refractivity contribution < 1.29 is 19.1 Å². The number of imide groups is 1. The molecule has 0 aliphatic carbocycles. The summed E-state index contributed by atoms with van der Waals surface area (Å²) in [6.07, 6.45) is 1.25. The summed E-state index contributed by atoms with van der Waals surface area (Å²) >= 11 is 1.01. The van der Waals surface area contributed by atoms with Crippen molar-refractivity contribution in [3.8, 4) is 0 Å². The summed E-state index contributed by atoms with van der Waals surface area (Å²) < 4.78 is 4.82. The Bertz CT molecular complexity index is 596. The van der Waals surface area contributed by atoms with Gasteiger partial charge in [-0.15, -0.1) is 0 Å². The Hall–Kier alpha value is -2.36. The van der Waals surface area contributed by atoms with Crippen molar-refractivity contribution in [2.24, 2.45) is 0 Å². The Morgan fingerprint density at radius 1 is 1.39 bits per heavy atom. The fourth-order valence-corrected chi connectivity index (χ4v) is 2.18. The van der Waals surface area contributed by atoms with E-state index < -0.39 is 23.2 Å². The van der Waals surface area contributed by atoms with Crippen molar-refractivity contribution in [3.63, 3.8) is 0 Å². The highest BCUT2D eigenvalue weighted by Gasteiger charge is 2.20. The molecule has 0 aromatic carbocycles. The Kier molecular flexibility index (Phi) is 7.26. The van der Waals surface area contributed by atoms with E-state index in [-0.39, 0.29) is 23.1 Å². The third-order valence-corrected chi connectivity index (χ3v) is 3.49. The maximum absolute atomic E-state index is 11.8. The number of thioether (sulfide) groups is 1. The highest BCUT2D eigenvalue weighted by molar-refractivity contribution is 8.00. The number of anilines is 1. The Morgan fingerprint density at radius 2 is 2.09 bits per heavy atom. The number of nitrogens with one attached hydrogen (secondary N) is 2. The fourth-order valence-electron chi connectivity index (χ4n) is 1.43. The lowest BCUT2D eigenvalue weighted by Crippen LogP contribution is -2.42. The minimum absolute atomic E-state index is 0.0303. The number of hydrogen-bond acceptors (Lipinski definition) is 8. The molecule has 1 atom stereocenters. The number of carbonyl (C=O) groups is 3. The van der Waals surface area contributed by atoms with E-state index in [1.54, 1.807) is 20.8 Å². The monoisotopic (exact) mass is 341 g/mol. The second-order valence-electron chi connectivity index (χ2n) is 4.28. The zero-order chi connectivity index (χ0) is 17.4. The topological polar surface area (TPSA) is 136 Å². The molecule has 9 nitrogen and oxygen atoms in total. The number of esters is 1. The van der Waals surface area contributed by atoms with Crippen LogP contribution in [0.2, 0.25) is 0 Å². The van der Waals surface area contributed by atoms with Gasteiger partial charge < -0.3 is 15.8 Å². The predicted molar refractivity (Wildman–Crippen MR) is 84.9 cm³/mol. The zero-order valence-corrected chi connectivity index (χ0v) is 13.9.